The number of carbonyl (C=O) groups is 1. The molecule has 0 saturated carbocycles. The third-order valence-electron chi connectivity index (χ3n) is 3.91. The Bertz CT molecular complexity index is 743. The molecule has 3 N–H and O–H groups in total. The van der Waals surface area contributed by atoms with Crippen LogP contribution in [0.15, 0.2) is 30.4 Å². The molecule has 1 amide bonds. The quantitative estimate of drug-likeness (QED) is 0.280. The second kappa shape index (κ2) is 8.81. The maximum absolute atomic E-state index is 14.5. The largest absolute Gasteiger partial charge is 0.394 e. The molecule has 9 heteroatoms. The molecule has 1 aromatic carbocycles. The van der Waals surface area contributed by atoms with Crippen molar-refractivity contribution in [1.82, 2.24) is 5.48 Å². The smallest absolute Gasteiger partial charge is 0.277 e. The van der Waals surface area contributed by atoms with Crippen LogP contribution in [-0.4, -0.2) is 35.1 Å². The van der Waals surface area contributed by atoms with Crippen molar-refractivity contribution in [2.45, 2.75) is 24.3 Å². The SMILES string of the molecule is CCC1(Cl)C=CC=CC1Nc1c(C(=O)NOCCO)cc(Cl)c(F)c1F. The van der Waals surface area contributed by atoms with Crippen LogP contribution in [0.4, 0.5) is 14.5 Å². The lowest BCUT2D eigenvalue weighted by atomic mass is 9.91. The number of aliphatic hydroxyl groups excluding tert-OH is 1. The molecule has 0 radical (unpaired) electrons. The Hall–Kier alpha value is -1.67. The van der Waals surface area contributed by atoms with Crippen LogP contribution < -0.4 is 10.8 Å². The minimum absolute atomic E-state index is 0.164. The van der Waals surface area contributed by atoms with Crippen molar-refractivity contribution in [3.63, 3.8) is 0 Å². The number of rotatable bonds is 7. The van der Waals surface area contributed by atoms with Crippen molar-refractivity contribution in [2.24, 2.45) is 0 Å². The van der Waals surface area contributed by atoms with Gasteiger partial charge in [0, 0.05) is 0 Å². The lowest BCUT2D eigenvalue weighted by Gasteiger charge is -2.33. The Labute approximate surface area is 159 Å². The van der Waals surface area contributed by atoms with E-state index in [0.717, 1.165) is 6.07 Å². The molecule has 1 aliphatic carbocycles. The van der Waals surface area contributed by atoms with Crippen LogP contribution in [0, 0.1) is 11.6 Å². The Balaban J connectivity index is 2.40. The highest BCUT2D eigenvalue weighted by Gasteiger charge is 2.34. The summed E-state index contributed by atoms with van der Waals surface area (Å²) >= 11 is 12.2. The number of nitrogens with one attached hydrogen (secondary N) is 2. The van der Waals surface area contributed by atoms with Crippen molar-refractivity contribution in [3.8, 4) is 0 Å². The summed E-state index contributed by atoms with van der Waals surface area (Å²) in [6.07, 6.45) is 7.39. The molecule has 2 unspecified atom stereocenters. The van der Waals surface area contributed by atoms with E-state index in [0.29, 0.717) is 6.42 Å². The first-order chi connectivity index (χ1) is 12.3. The average Bonchev–Trinajstić information content (AvgIpc) is 2.63. The Morgan fingerprint density at radius 1 is 1.38 bits per heavy atom. The number of amides is 1. The molecule has 5 nitrogen and oxygen atoms in total. The van der Waals surface area contributed by atoms with Gasteiger partial charge in [-0.05, 0) is 12.5 Å². The highest BCUT2D eigenvalue weighted by Crippen LogP contribution is 2.35. The summed E-state index contributed by atoms with van der Waals surface area (Å²) in [7, 11) is 0. The molecule has 0 aliphatic heterocycles. The van der Waals surface area contributed by atoms with Crippen molar-refractivity contribution in [2.75, 3.05) is 18.5 Å². The zero-order chi connectivity index (χ0) is 19.3. The second-order valence-electron chi connectivity index (χ2n) is 5.56. The number of alkyl halides is 1. The fourth-order valence-corrected chi connectivity index (χ4v) is 2.84. The molecule has 0 heterocycles. The summed E-state index contributed by atoms with van der Waals surface area (Å²) in [4.78, 5) is 16.1. The molecule has 0 aromatic heterocycles. The molecule has 1 aliphatic rings. The predicted molar refractivity (Wildman–Crippen MR) is 96.4 cm³/mol. The molecule has 2 atom stereocenters. The molecule has 0 saturated heterocycles. The van der Waals surface area contributed by atoms with E-state index in [4.69, 9.17) is 33.1 Å². The van der Waals surface area contributed by atoms with E-state index in [1.165, 1.54) is 0 Å². The summed E-state index contributed by atoms with van der Waals surface area (Å²) < 4.78 is 28.5. The number of hydrogen-bond acceptors (Lipinski definition) is 4. The topological polar surface area (TPSA) is 70.6 Å². The summed E-state index contributed by atoms with van der Waals surface area (Å²) in [5.41, 5.74) is 1.39. The lowest BCUT2D eigenvalue weighted by molar-refractivity contribution is 0.0168. The maximum Gasteiger partial charge on any atom is 0.277 e. The second-order valence-corrected chi connectivity index (χ2v) is 6.67. The average molecular weight is 407 g/mol. The van der Waals surface area contributed by atoms with Gasteiger partial charge in [0.05, 0.1) is 40.4 Å². The van der Waals surface area contributed by atoms with Gasteiger partial charge in [-0.15, -0.1) is 11.6 Å². The van der Waals surface area contributed by atoms with Crippen LogP contribution in [-0.2, 0) is 4.84 Å². The minimum Gasteiger partial charge on any atom is -0.394 e. The zero-order valence-corrected chi connectivity index (χ0v) is 15.4. The van der Waals surface area contributed by atoms with Crippen LogP contribution in [0.5, 0.6) is 0 Å². The molecule has 142 valence electrons. The first-order valence-electron chi connectivity index (χ1n) is 7.86. The molecule has 0 bridgehead atoms. The van der Waals surface area contributed by atoms with Crippen molar-refractivity contribution >= 4 is 34.8 Å². The van der Waals surface area contributed by atoms with E-state index in [-0.39, 0.29) is 24.5 Å². The monoisotopic (exact) mass is 406 g/mol. The molecular formula is C17H18Cl2F2N2O3. The van der Waals surface area contributed by atoms with Crippen molar-refractivity contribution in [3.05, 3.63) is 52.6 Å². The van der Waals surface area contributed by atoms with Gasteiger partial charge in [0.15, 0.2) is 11.6 Å². The van der Waals surface area contributed by atoms with Crippen molar-refractivity contribution in [1.29, 1.82) is 0 Å². The van der Waals surface area contributed by atoms with Crippen LogP contribution in [0.1, 0.15) is 23.7 Å². The number of hydrogen-bond donors (Lipinski definition) is 3. The third kappa shape index (κ3) is 4.35. The van der Waals surface area contributed by atoms with Gasteiger partial charge in [-0.3, -0.25) is 9.63 Å². The Morgan fingerprint density at radius 2 is 2.12 bits per heavy atom. The molecule has 26 heavy (non-hydrogen) atoms. The summed E-state index contributed by atoms with van der Waals surface area (Å²) in [6, 6.07) is 0.392. The highest BCUT2D eigenvalue weighted by atomic mass is 35.5. The first-order valence-corrected chi connectivity index (χ1v) is 8.61. The first kappa shape index (κ1) is 20.6. The predicted octanol–water partition coefficient (Wildman–Crippen LogP) is 3.57. The molecule has 1 aromatic rings. The summed E-state index contributed by atoms with van der Waals surface area (Å²) in [5.74, 6) is -3.44. The van der Waals surface area contributed by atoms with Gasteiger partial charge in [0.2, 0.25) is 0 Å². The van der Waals surface area contributed by atoms with Crippen LogP contribution in [0.2, 0.25) is 5.02 Å². The number of carbonyl (C=O) groups excluding carboxylic acids is 1. The maximum atomic E-state index is 14.5. The normalized spacial score (nSPS) is 21.7. The van der Waals surface area contributed by atoms with Gasteiger partial charge in [0.25, 0.3) is 5.91 Å². The van der Waals surface area contributed by atoms with E-state index >= 15 is 0 Å². The van der Waals surface area contributed by atoms with Gasteiger partial charge in [-0.25, -0.2) is 14.3 Å². The Morgan fingerprint density at radius 3 is 2.77 bits per heavy atom. The van der Waals surface area contributed by atoms with Crippen LogP contribution in [0.25, 0.3) is 0 Å². The fourth-order valence-electron chi connectivity index (χ4n) is 2.45. The van der Waals surface area contributed by atoms with Crippen LogP contribution in [0.3, 0.4) is 0 Å². The van der Waals surface area contributed by atoms with Gasteiger partial charge < -0.3 is 10.4 Å². The minimum atomic E-state index is -1.30. The van der Waals surface area contributed by atoms with Gasteiger partial charge in [-0.1, -0.05) is 42.8 Å². The molecule has 0 spiro atoms. The van der Waals surface area contributed by atoms with E-state index < -0.39 is 33.5 Å². The molecular weight excluding hydrogens is 389 g/mol. The van der Waals surface area contributed by atoms with Gasteiger partial charge in [-0.2, -0.15) is 0 Å². The van der Waals surface area contributed by atoms with E-state index in [1.54, 1.807) is 24.3 Å². The van der Waals surface area contributed by atoms with Crippen LogP contribution >= 0.6 is 23.2 Å². The van der Waals surface area contributed by atoms with Gasteiger partial charge >= 0.3 is 0 Å². The molecule has 0 fully saturated rings. The summed E-state index contributed by atoms with van der Waals surface area (Å²) in [5, 5.41) is 10.9. The van der Waals surface area contributed by atoms with Gasteiger partial charge in [0.1, 0.15) is 0 Å². The van der Waals surface area contributed by atoms with E-state index in [9.17, 15) is 13.6 Å². The lowest BCUT2D eigenvalue weighted by Crippen LogP contribution is -2.41. The standard InChI is InChI=1S/C17H18Cl2F2N2O3/c1-2-17(19)6-4-3-5-12(17)22-15-10(16(25)23-26-8-7-24)9-11(18)13(20)14(15)21/h3-6,9,12,22,24H,2,7-8H2,1H3,(H,23,25). The van der Waals surface area contributed by atoms with E-state index in [1.807, 2.05) is 12.4 Å². The van der Waals surface area contributed by atoms with Crippen molar-refractivity contribution < 1.29 is 23.5 Å². The number of allylic oxidation sites excluding steroid dienone is 2. The summed E-state index contributed by atoms with van der Waals surface area (Å²) in [6.45, 7) is 1.36. The number of hydroxylamine groups is 1. The highest BCUT2D eigenvalue weighted by molar-refractivity contribution is 6.31. The number of halogens is 4. The number of aliphatic hydroxyl groups is 1. The Kier molecular flexibility index (Phi) is 7.00. The number of benzene rings is 1. The third-order valence-corrected chi connectivity index (χ3v) is 4.82. The molecule has 2 rings (SSSR count). The zero-order valence-electron chi connectivity index (χ0n) is 13.9. The van der Waals surface area contributed by atoms with E-state index in [2.05, 4.69) is 5.32 Å². The fraction of sp³-hybridized carbons (Fsp3) is 0.353. The number of anilines is 1.